The lowest BCUT2D eigenvalue weighted by Crippen LogP contribution is -2.22. The molecule has 0 aliphatic heterocycles. The Morgan fingerprint density at radius 3 is 2.60 bits per heavy atom. The Kier molecular flexibility index (Phi) is 4.78. The molecule has 20 heavy (non-hydrogen) atoms. The van der Waals surface area contributed by atoms with Crippen LogP contribution in [0.4, 0.5) is 0 Å². The van der Waals surface area contributed by atoms with Gasteiger partial charge in [0.1, 0.15) is 0 Å². The first-order valence-electron chi connectivity index (χ1n) is 6.91. The standard InChI is InChI=1S/C15H21ClN4/c1-10(2)14-5-6-20(19-14)15-13(16)7-12(9-18-15)8-17-11(3)4/h5-7,9-11,17H,8H2,1-4H3. The molecule has 0 unspecified atom stereocenters. The Labute approximate surface area is 125 Å². The summed E-state index contributed by atoms with van der Waals surface area (Å²) in [6, 6.07) is 4.38. The van der Waals surface area contributed by atoms with E-state index in [4.69, 9.17) is 11.6 Å². The van der Waals surface area contributed by atoms with E-state index in [9.17, 15) is 0 Å². The number of hydrogen-bond acceptors (Lipinski definition) is 3. The van der Waals surface area contributed by atoms with Crippen LogP contribution in [0, 0.1) is 0 Å². The van der Waals surface area contributed by atoms with Gasteiger partial charge in [-0.2, -0.15) is 5.10 Å². The van der Waals surface area contributed by atoms with Crippen LogP contribution in [0.3, 0.4) is 0 Å². The molecule has 0 spiro atoms. The van der Waals surface area contributed by atoms with Gasteiger partial charge in [-0.3, -0.25) is 0 Å². The molecule has 0 saturated carbocycles. The van der Waals surface area contributed by atoms with Crippen LogP contribution in [0.1, 0.15) is 44.9 Å². The first kappa shape index (κ1) is 15.0. The molecule has 1 N–H and O–H groups in total. The molecule has 0 aromatic carbocycles. The van der Waals surface area contributed by atoms with Crippen molar-refractivity contribution in [1.29, 1.82) is 0 Å². The first-order valence-corrected chi connectivity index (χ1v) is 7.29. The number of pyridine rings is 1. The second-order valence-electron chi connectivity index (χ2n) is 5.52. The van der Waals surface area contributed by atoms with Gasteiger partial charge in [-0.15, -0.1) is 0 Å². The lowest BCUT2D eigenvalue weighted by atomic mass is 10.1. The van der Waals surface area contributed by atoms with Crippen molar-refractivity contribution in [2.45, 2.75) is 46.2 Å². The Morgan fingerprint density at radius 2 is 2.05 bits per heavy atom. The van der Waals surface area contributed by atoms with Crippen molar-refractivity contribution in [3.05, 3.63) is 40.8 Å². The van der Waals surface area contributed by atoms with Crippen LogP contribution in [0.5, 0.6) is 0 Å². The summed E-state index contributed by atoms with van der Waals surface area (Å²) in [6.07, 6.45) is 3.74. The van der Waals surface area contributed by atoms with Gasteiger partial charge in [-0.1, -0.05) is 39.3 Å². The summed E-state index contributed by atoms with van der Waals surface area (Å²) in [7, 11) is 0. The van der Waals surface area contributed by atoms with Crippen LogP contribution < -0.4 is 5.32 Å². The van der Waals surface area contributed by atoms with Crippen LogP contribution in [-0.2, 0) is 6.54 Å². The zero-order valence-corrected chi connectivity index (χ0v) is 13.1. The van der Waals surface area contributed by atoms with E-state index in [0.29, 0.717) is 22.8 Å². The number of nitrogens with zero attached hydrogens (tertiary/aromatic N) is 3. The summed E-state index contributed by atoms with van der Waals surface area (Å²) in [5, 5.41) is 8.46. The molecular formula is C15H21ClN4. The summed E-state index contributed by atoms with van der Waals surface area (Å²) < 4.78 is 1.73. The minimum atomic E-state index is 0.393. The first-order chi connectivity index (χ1) is 9.47. The largest absolute Gasteiger partial charge is 0.310 e. The van der Waals surface area contributed by atoms with Gasteiger partial charge in [-0.25, -0.2) is 9.67 Å². The number of halogens is 1. The maximum Gasteiger partial charge on any atom is 0.172 e. The number of nitrogens with one attached hydrogen (secondary N) is 1. The molecule has 0 saturated heterocycles. The molecule has 0 atom stereocenters. The van der Waals surface area contributed by atoms with E-state index in [-0.39, 0.29) is 0 Å². The minimum absolute atomic E-state index is 0.393. The third-order valence-corrected chi connectivity index (χ3v) is 3.29. The fourth-order valence-corrected chi connectivity index (χ4v) is 2.10. The average molecular weight is 293 g/mol. The van der Waals surface area contributed by atoms with Gasteiger partial charge in [0, 0.05) is 25.0 Å². The number of hydrogen-bond donors (Lipinski definition) is 1. The summed E-state index contributed by atoms with van der Waals surface area (Å²) in [4.78, 5) is 4.43. The van der Waals surface area contributed by atoms with Gasteiger partial charge in [0.05, 0.1) is 10.7 Å². The van der Waals surface area contributed by atoms with E-state index in [1.54, 1.807) is 4.68 Å². The van der Waals surface area contributed by atoms with Crippen LogP contribution in [-0.4, -0.2) is 20.8 Å². The lowest BCUT2D eigenvalue weighted by molar-refractivity contribution is 0.587. The minimum Gasteiger partial charge on any atom is -0.310 e. The monoisotopic (exact) mass is 292 g/mol. The topological polar surface area (TPSA) is 42.7 Å². The van der Waals surface area contributed by atoms with E-state index >= 15 is 0 Å². The molecule has 2 aromatic rings. The van der Waals surface area contributed by atoms with Crippen molar-refractivity contribution in [1.82, 2.24) is 20.1 Å². The third kappa shape index (κ3) is 3.58. The molecule has 2 aromatic heterocycles. The molecule has 4 nitrogen and oxygen atoms in total. The quantitative estimate of drug-likeness (QED) is 0.916. The maximum atomic E-state index is 6.32. The highest BCUT2D eigenvalue weighted by atomic mass is 35.5. The van der Waals surface area contributed by atoms with Crippen molar-refractivity contribution in [2.24, 2.45) is 0 Å². The molecule has 0 aliphatic rings. The van der Waals surface area contributed by atoms with Crippen LogP contribution >= 0.6 is 11.6 Å². The molecule has 0 aliphatic carbocycles. The predicted molar refractivity (Wildman–Crippen MR) is 82.4 cm³/mol. The highest BCUT2D eigenvalue weighted by Crippen LogP contribution is 2.20. The summed E-state index contributed by atoms with van der Waals surface area (Å²) in [5.41, 5.74) is 2.11. The van der Waals surface area contributed by atoms with E-state index in [0.717, 1.165) is 17.8 Å². The molecule has 0 radical (unpaired) electrons. The van der Waals surface area contributed by atoms with Crippen molar-refractivity contribution in [3.8, 4) is 5.82 Å². The lowest BCUT2D eigenvalue weighted by Gasteiger charge is -2.09. The maximum absolute atomic E-state index is 6.32. The summed E-state index contributed by atoms with van der Waals surface area (Å²) in [6.45, 7) is 9.22. The molecule has 0 amide bonds. The van der Waals surface area contributed by atoms with Gasteiger partial charge >= 0.3 is 0 Å². The fraction of sp³-hybridized carbons (Fsp3) is 0.467. The predicted octanol–water partition coefficient (Wildman–Crippen LogP) is 3.54. The second kappa shape index (κ2) is 6.37. The van der Waals surface area contributed by atoms with Crippen molar-refractivity contribution in [2.75, 3.05) is 0 Å². The van der Waals surface area contributed by atoms with E-state index in [2.05, 4.69) is 43.1 Å². The van der Waals surface area contributed by atoms with Gasteiger partial charge in [0.15, 0.2) is 5.82 Å². The zero-order valence-electron chi connectivity index (χ0n) is 12.4. The average Bonchev–Trinajstić information content (AvgIpc) is 2.86. The molecule has 108 valence electrons. The van der Waals surface area contributed by atoms with Gasteiger partial charge in [0.2, 0.25) is 0 Å². The Balaban J connectivity index is 2.20. The van der Waals surface area contributed by atoms with Crippen molar-refractivity contribution < 1.29 is 0 Å². The van der Waals surface area contributed by atoms with E-state index in [1.165, 1.54) is 0 Å². The van der Waals surface area contributed by atoms with Gasteiger partial charge < -0.3 is 5.32 Å². The summed E-state index contributed by atoms with van der Waals surface area (Å²) in [5.74, 6) is 1.07. The SMILES string of the molecule is CC(C)NCc1cnc(-n2ccc(C(C)C)n2)c(Cl)c1. The van der Waals surface area contributed by atoms with Crippen LogP contribution in [0.15, 0.2) is 24.5 Å². The Morgan fingerprint density at radius 1 is 1.30 bits per heavy atom. The summed E-state index contributed by atoms with van der Waals surface area (Å²) >= 11 is 6.32. The van der Waals surface area contributed by atoms with Crippen molar-refractivity contribution in [3.63, 3.8) is 0 Å². The second-order valence-corrected chi connectivity index (χ2v) is 5.93. The Hall–Kier alpha value is -1.39. The molecule has 0 bridgehead atoms. The molecular weight excluding hydrogens is 272 g/mol. The fourth-order valence-electron chi connectivity index (χ4n) is 1.82. The zero-order chi connectivity index (χ0) is 14.7. The van der Waals surface area contributed by atoms with Crippen LogP contribution in [0.2, 0.25) is 5.02 Å². The van der Waals surface area contributed by atoms with Gasteiger partial charge in [-0.05, 0) is 23.6 Å². The van der Waals surface area contributed by atoms with Gasteiger partial charge in [0.25, 0.3) is 0 Å². The molecule has 2 rings (SSSR count). The molecule has 2 heterocycles. The third-order valence-electron chi connectivity index (χ3n) is 3.01. The van der Waals surface area contributed by atoms with Crippen molar-refractivity contribution >= 4 is 11.6 Å². The smallest absolute Gasteiger partial charge is 0.172 e. The highest BCUT2D eigenvalue weighted by Gasteiger charge is 2.09. The van der Waals surface area contributed by atoms with E-state index in [1.807, 2.05) is 24.5 Å². The van der Waals surface area contributed by atoms with Crippen LogP contribution in [0.25, 0.3) is 5.82 Å². The number of rotatable bonds is 5. The highest BCUT2D eigenvalue weighted by molar-refractivity contribution is 6.32. The normalized spacial score (nSPS) is 11.6. The Bertz CT molecular complexity index is 575. The molecule has 0 fully saturated rings. The number of aromatic nitrogens is 3. The van der Waals surface area contributed by atoms with E-state index < -0.39 is 0 Å². The molecule has 5 heteroatoms.